The Morgan fingerprint density at radius 1 is 1.40 bits per heavy atom. The highest BCUT2D eigenvalue weighted by molar-refractivity contribution is 5.78. The average Bonchev–Trinajstić information content (AvgIpc) is 2.65. The monoisotopic (exact) mass is 213 g/mol. The highest BCUT2D eigenvalue weighted by atomic mass is 16.2. The highest BCUT2D eigenvalue weighted by Crippen LogP contribution is 2.06. The van der Waals surface area contributed by atoms with Crippen LogP contribution in [-0.4, -0.2) is 62.0 Å². The van der Waals surface area contributed by atoms with Gasteiger partial charge in [0, 0.05) is 25.7 Å². The Hall–Kier alpha value is -0.610. The number of nitrogens with zero attached hydrogens (tertiary/aromatic N) is 2. The highest BCUT2D eigenvalue weighted by Gasteiger charge is 2.17. The second kappa shape index (κ2) is 6.08. The predicted octanol–water partition coefficient (Wildman–Crippen LogP) is 0.149. The molecule has 0 aromatic heterocycles. The second-order valence-corrected chi connectivity index (χ2v) is 4.63. The number of likely N-dealkylation sites (tertiary alicyclic amines) is 1. The van der Waals surface area contributed by atoms with E-state index in [1.807, 2.05) is 19.0 Å². The van der Waals surface area contributed by atoms with Crippen molar-refractivity contribution in [1.29, 1.82) is 0 Å². The standard InChI is InChI=1S/C11H23N3O/c1-10(9-13(2)3)12-8-11(15)14-6-4-5-7-14/h10,12H,4-9H2,1-3H3. The Morgan fingerprint density at radius 2 is 2.00 bits per heavy atom. The van der Waals surface area contributed by atoms with Gasteiger partial charge in [-0.25, -0.2) is 0 Å². The van der Waals surface area contributed by atoms with Crippen LogP contribution in [0.4, 0.5) is 0 Å². The first kappa shape index (κ1) is 12.5. The molecule has 1 rings (SSSR count). The average molecular weight is 213 g/mol. The molecule has 1 aliphatic rings. The molecule has 88 valence electrons. The molecule has 0 aromatic carbocycles. The van der Waals surface area contributed by atoms with Crippen molar-refractivity contribution in [3.63, 3.8) is 0 Å². The van der Waals surface area contributed by atoms with Crippen molar-refractivity contribution in [2.24, 2.45) is 0 Å². The molecule has 0 aromatic rings. The lowest BCUT2D eigenvalue weighted by molar-refractivity contribution is -0.129. The minimum absolute atomic E-state index is 0.248. The van der Waals surface area contributed by atoms with Gasteiger partial charge in [-0.05, 0) is 33.9 Å². The van der Waals surface area contributed by atoms with E-state index in [0.717, 1.165) is 19.6 Å². The van der Waals surface area contributed by atoms with Crippen molar-refractivity contribution in [1.82, 2.24) is 15.1 Å². The molecular formula is C11H23N3O. The lowest BCUT2D eigenvalue weighted by Gasteiger charge is -2.20. The number of likely N-dealkylation sites (N-methyl/N-ethyl adjacent to an activating group) is 1. The summed E-state index contributed by atoms with van der Waals surface area (Å²) in [5, 5.41) is 3.26. The Kier molecular flexibility index (Phi) is 5.05. The molecule has 1 saturated heterocycles. The lowest BCUT2D eigenvalue weighted by atomic mass is 10.3. The summed E-state index contributed by atoms with van der Waals surface area (Å²) >= 11 is 0. The third-order valence-corrected chi connectivity index (χ3v) is 2.70. The van der Waals surface area contributed by atoms with E-state index in [1.165, 1.54) is 12.8 Å². The molecule has 1 unspecified atom stereocenters. The van der Waals surface area contributed by atoms with Crippen LogP contribution in [0.3, 0.4) is 0 Å². The fraction of sp³-hybridized carbons (Fsp3) is 0.909. The molecule has 4 nitrogen and oxygen atoms in total. The molecule has 1 atom stereocenters. The number of hydrogen-bond donors (Lipinski definition) is 1. The zero-order chi connectivity index (χ0) is 11.3. The van der Waals surface area contributed by atoms with Gasteiger partial charge in [0.05, 0.1) is 6.54 Å². The first-order chi connectivity index (χ1) is 7.09. The number of carbonyl (C=O) groups excluding carboxylic acids is 1. The van der Waals surface area contributed by atoms with Crippen LogP contribution < -0.4 is 5.32 Å². The maximum absolute atomic E-state index is 11.7. The molecule has 1 aliphatic heterocycles. The van der Waals surface area contributed by atoms with Crippen LogP contribution in [0.2, 0.25) is 0 Å². The van der Waals surface area contributed by atoms with Crippen LogP contribution in [0, 0.1) is 0 Å². The molecule has 1 heterocycles. The van der Waals surface area contributed by atoms with Crippen LogP contribution >= 0.6 is 0 Å². The number of nitrogens with one attached hydrogen (secondary N) is 1. The first-order valence-electron chi connectivity index (χ1n) is 5.75. The Morgan fingerprint density at radius 3 is 2.53 bits per heavy atom. The van der Waals surface area contributed by atoms with E-state index in [-0.39, 0.29) is 5.91 Å². The van der Waals surface area contributed by atoms with Crippen LogP contribution in [0.1, 0.15) is 19.8 Å². The third kappa shape index (κ3) is 4.62. The van der Waals surface area contributed by atoms with E-state index in [9.17, 15) is 4.79 Å². The molecule has 0 saturated carbocycles. The number of carbonyl (C=O) groups is 1. The quantitative estimate of drug-likeness (QED) is 0.706. The molecule has 4 heteroatoms. The van der Waals surface area contributed by atoms with Crippen LogP contribution in [0.5, 0.6) is 0 Å². The molecule has 1 amide bonds. The summed E-state index contributed by atoms with van der Waals surface area (Å²) in [5.74, 6) is 0.248. The van der Waals surface area contributed by atoms with Gasteiger partial charge in [0.1, 0.15) is 0 Å². The van der Waals surface area contributed by atoms with Gasteiger partial charge in [-0.3, -0.25) is 4.79 Å². The van der Waals surface area contributed by atoms with Crippen LogP contribution in [-0.2, 0) is 4.79 Å². The van der Waals surface area contributed by atoms with Crippen molar-refractivity contribution in [3.05, 3.63) is 0 Å². The SMILES string of the molecule is CC(CN(C)C)NCC(=O)N1CCCC1. The zero-order valence-electron chi connectivity index (χ0n) is 10.1. The van der Waals surface area contributed by atoms with Gasteiger partial charge in [-0.2, -0.15) is 0 Å². The van der Waals surface area contributed by atoms with Crippen LogP contribution in [0.15, 0.2) is 0 Å². The fourth-order valence-corrected chi connectivity index (χ4v) is 1.95. The van der Waals surface area contributed by atoms with E-state index in [1.54, 1.807) is 0 Å². The van der Waals surface area contributed by atoms with E-state index < -0.39 is 0 Å². The summed E-state index contributed by atoms with van der Waals surface area (Å²) in [6.45, 7) is 5.45. The van der Waals surface area contributed by atoms with Crippen LogP contribution in [0.25, 0.3) is 0 Å². The Balaban J connectivity index is 2.15. The predicted molar refractivity (Wildman–Crippen MR) is 61.8 cm³/mol. The molecular weight excluding hydrogens is 190 g/mol. The molecule has 0 radical (unpaired) electrons. The van der Waals surface area contributed by atoms with Crippen molar-refractivity contribution >= 4 is 5.91 Å². The van der Waals surface area contributed by atoms with Gasteiger partial charge < -0.3 is 15.1 Å². The fourth-order valence-electron chi connectivity index (χ4n) is 1.95. The Bertz CT molecular complexity index is 200. The summed E-state index contributed by atoms with van der Waals surface area (Å²) in [7, 11) is 4.08. The normalized spacial score (nSPS) is 18.5. The topological polar surface area (TPSA) is 35.6 Å². The summed E-state index contributed by atoms with van der Waals surface area (Å²) in [6.07, 6.45) is 2.33. The smallest absolute Gasteiger partial charge is 0.236 e. The first-order valence-corrected chi connectivity index (χ1v) is 5.75. The Labute approximate surface area is 92.6 Å². The van der Waals surface area contributed by atoms with Crippen molar-refractivity contribution < 1.29 is 4.79 Å². The molecule has 0 bridgehead atoms. The van der Waals surface area contributed by atoms with Crippen molar-refractivity contribution in [2.45, 2.75) is 25.8 Å². The lowest BCUT2D eigenvalue weighted by Crippen LogP contribution is -2.42. The third-order valence-electron chi connectivity index (χ3n) is 2.70. The largest absolute Gasteiger partial charge is 0.342 e. The second-order valence-electron chi connectivity index (χ2n) is 4.63. The minimum atomic E-state index is 0.248. The maximum Gasteiger partial charge on any atom is 0.236 e. The van der Waals surface area contributed by atoms with E-state index >= 15 is 0 Å². The van der Waals surface area contributed by atoms with Gasteiger partial charge in [0.2, 0.25) is 5.91 Å². The maximum atomic E-state index is 11.7. The molecule has 0 aliphatic carbocycles. The number of hydrogen-bond acceptors (Lipinski definition) is 3. The van der Waals surface area contributed by atoms with Gasteiger partial charge in [-0.15, -0.1) is 0 Å². The van der Waals surface area contributed by atoms with E-state index in [4.69, 9.17) is 0 Å². The van der Waals surface area contributed by atoms with Crippen molar-refractivity contribution in [3.8, 4) is 0 Å². The van der Waals surface area contributed by atoms with E-state index in [2.05, 4.69) is 17.1 Å². The molecule has 1 N–H and O–H groups in total. The van der Waals surface area contributed by atoms with E-state index in [0.29, 0.717) is 12.6 Å². The number of amides is 1. The zero-order valence-corrected chi connectivity index (χ0v) is 10.1. The molecule has 0 spiro atoms. The van der Waals surface area contributed by atoms with Gasteiger partial charge >= 0.3 is 0 Å². The summed E-state index contributed by atoms with van der Waals surface area (Å²) < 4.78 is 0. The summed E-state index contributed by atoms with van der Waals surface area (Å²) in [5.41, 5.74) is 0. The number of rotatable bonds is 5. The van der Waals surface area contributed by atoms with Gasteiger partial charge in [0.15, 0.2) is 0 Å². The van der Waals surface area contributed by atoms with Gasteiger partial charge in [0.25, 0.3) is 0 Å². The summed E-state index contributed by atoms with van der Waals surface area (Å²) in [4.78, 5) is 15.8. The van der Waals surface area contributed by atoms with Crippen molar-refractivity contribution in [2.75, 3.05) is 40.3 Å². The minimum Gasteiger partial charge on any atom is -0.342 e. The summed E-state index contributed by atoms with van der Waals surface area (Å²) in [6, 6.07) is 0.367. The van der Waals surface area contributed by atoms with Gasteiger partial charge in [-0.1, -0.05) is 0 Å². The molecule has 1 fully saturated rings. The molecule has 15 heavy (non-hydrogen) atoms.